The van der Waals surface area contributed by atoms with Crippen molar-refractivity contribution in [3.05, 3.63) is 92.8 Å². The van der Waals surface area contributed by atoms with E-state index in [0.29, 0.717) is 44.5 Å². The Bertz CT molecular complexity index is 1470. The highest BCUT2D eigenvalue weighted by atomic mass is 35.5. The van der Waals surface area contributed by atoms with Gasteiger partial charge >= 0.3 is 0 Å². The number of anilines is 1. The second-order valence-corrected chi connectivity index (χ2v) is 8.12. The highest BCUT2D eigenvalue weighted by Crippen LogP contribution is 2.46. The molecule has 0 fully saturated rings. The lowest BCUT2D eigenvalue weighted by atomic mass is 9.97. The van der Waals surface area contributed by atoms with Crippen molar-refractivity contribution >= 4 is 34.2 Å². The summed E-state index contributed by atoms with van der Waals surface area (Å²) in [5.41, 5.74) is 1.40. The van der Waals surface area contributed by atoms with Crippen molar-refractivity contribution in [2.75, 3.05) is 26.2 Å². The van der Waals surface area contributed by atoms with Crippen LogP contribution in [0.5, 0.6) is 17.2 Å². The minimum Gasteiger partial charge on any atom is -0.493 e. The molecule has 0 N–H and O–H groups in total. The van der Waals surface area contributed by atoms with Crippen molar-refractivity contribution in [3.8, 4) is 17.2 Å². The lowest BCUT2D eigenvalue weighted by Gasteiger charge is -2.26. The van der Waals surface area contributed by atoms with Gasteiger partial charge in [0.1, 0.15) is 5.58 Å². The lowest BCUT2D eigenvalue weighted by molar-refractivity contribution is 0.0971. The predicted octanol–water partition coefficient (Wildman–Crippen LogP) is 5.22. The Balaban J connectivity index is 1.84. The number of nitrogens with zero attached hydrogens (tertiary/aromatic N) is 1. The van der Waals surface area contributed by atoms with E-state index in [-0.39, 0.29) is 16.8 Å². The van der Waals surface area contributed by atoms with E-state index in [1.165, 1.54) is 26.2 Å². The molecule has 5 rings (SSSR count). The van der Waals surface area contributed by atoms with Gasteiger partial charge in [-0.15, -0.1) is 0 Å². The zero-order chi connectivity index (χ0) is 24.0. The van der Waals surface area contributed by atoms with E-state index in [1.807, 2.05) is 0 Å². The van der Waals surface area contributed by atoms with Crippen LogP contribution in [0.25, 0.3) is 11.0 Å². The lowest BCUT2D eigenvalue weighted by Crippen LogP contribution is -2.29. The fraction of sp³-hybridized carbons (Fsp3) is 0.154. The van der Waals surface area contributed by atoms with E-state index < -0.39 is 11.9 Å². The number of carbonyl (C=O) groups is 1. The fourth-order valence-electron chi connectivity index (χ4n) is 4.39. The van der Waals surface area contributed by atoms with Gasteiger partial charge < -0.3 is 18.6 Å². The van der Waals surface area contributed by atoms with Gasteiger partial charge in [0, 0.05) is 10.7 Å². The molecular formula is C26H20ClNO6. The summed E-state index contributed by atoms with van der Waals surface area (Å²) in [6, 6.07) is 16.4. The molecule has 4 aromatic rings. The van der Waals surface area contributed by atoms with E-state index in [0.717, 1.165) is 0 Å². The zero-order valence-electron chi connectivity index (χ0n) is 18.6. The van der Waals surface area contributed by atoms with Crippen LogP contribution >= 0.6 is 11.6 Å². The van der Waals surface area contributed by atoms with Crippen molar-refractivity contribution in [1.82, 2.24) is 0 Å². The highest BCUT2D eigenvalue weighted by Gasteiger charge is 2.44. The minimum absolute atomic E-state index is 0.0116. The van der Waals surface area contributed by atoms with Crippen LogP contribution < -0.4 is 24.5 Å². The van der Waals surface area contributed by atoms with Crippen LogP contribution in [-0.2, 0) is 0 Å². The number of ether oxygens (including phenoxy) is 3. The first-order valence-corrected chi connectivity index (χ1v) is 10.8. The number of hydrogen-bond acceptors (Lipinski definition) is 6. The Kier molecular flexibility index (Phi) is 5.42. The maximum atomic E-state index is 13.7. The van der Waals surface area contributed by atoms with Crippen molar-refractivity contribution in [1.29, 1.82) is 0 Å². The second kappa shape index (κ2) is 8.43. The number of rotatable bonds is 5. The smallest absolute Gasteiger partial charge is 0.295 e. The number of hydrogen-bond donors (Lipinski definition) is 0. The quantitative estimate of drug-likeness (QED) is 0.392. The van der Waals surface area contributed by atoms with Gasteiger partial charge in [-0.2, -0.15) is 0 Å². The number of halogens is 1. The van der Waals surface area contributed by atoms with Crippen LogP contribution in [0.4, 0.5) is 5.69 Å². The Morgan fingerprint density at radius 3 is 2.24 bits per heavy atom. The summed E-state index contributed by atoms with van der Waals surface area (Å²) < 4.78 is 22.5. The van der Waals surface area contributed by atoms with E-state index in [4.69, 9.17) is 30.2 Å². The standard InChI is InChI=1S/C26H20ClNO6/c1-31-19-11-14(12-20(32-2)24(19)33-3)22-21-23(29)17-9-4-5-10-18(17)34-25(21)26(30)28(22)16-8-6-7-15(27)13-16/h4-13,22H,1-3H3. The van der Waals surface area contributed by atoms with Crippen molar-refractivity contribution < 1.29 is 23.4 Å². The van der Waals surface area contributed by atoms with Gasteiger partial charge in [0.15, 0.2) is 16.9 Å². The summed E-state index contributed by atoms with van der Waals surface area (Å²) in [5, 5.41) is 0.841. The Morgan fingerprint density at radius 1 is 0.882 bits per heavy atom. The summed E-state index contributed by atoms with van der Waals surface area (Å²) in [7, 11) is 4.52. The predicted molar refractivity (Wildman–Crippen MR) is 129 cm³/mol. The molecule has 0 aliphatic carbocycles. The molecule has 3 aromatic carbocycles. The first-order chi connectivity index (χ1) is 16.5. The van der Waals surface area contributed by atoms with Gasteiger partial charge in [-0.3, -0.25) is 14.5 Å². The van der Waals surface area contributed by atoms with E-state index >= 15 is 0 Å². The van der Waals surface area contributed by atoms with Crippen LogP contribution in [0, 0.1) is 0 Å². The fourth-order valence-corrected chi connectivity index (χ4v) is 4.57. The minimum atomic E-state index is -0.810. The third-order valence-electron chi connectivity index (χ3n) is 5.87. The third-order valence-corrected chi connectivity index (χ3v) is 6.10. The van der Waals surface area contributed by atoms with Gasteiger partial charge in [-0.25, -0.2) is 0 Å². The monoisotopic (exact) mass is 477 g/mol. The number of benzene rings is 3. The van der Waals surface area contributed by atoms with E-state index in [2.05, 4.69) is 0 Å². The van der Waals surface area contributed by atoms with Gasteiger partial charge in [-0.05, 0) is 48.0 Å². The first kappa shape index (κ1) is 21.9. The molecule has 34 heavy (non-hydrogen) atoms. The molecule has 0 bridgehead atoms. The summed E-state index contributed by atoms with van der Waals surface area (Å²) in [6.45, 7) is 0. The van der Waals surface area contributed by atoms with Crippen LogP contribution in [0.2, 0.25) is 5.02 Å². The Labute approximate surface area is 200 Å². The molecule has 2 heterocycles. The SMILES string of the molecule is COc1cc(C2c3c(oc4ccccc4c3=O)C(=O)N2c2cccc(Cl)c2)cc(OC)c1OC. The van der Waals surface area contributed by atoms with E-state index in [9.17, 15) is 9.59 Å². The van der Waals surface area contributed by atoms with Crippen LogP contribution in [0.3, 0.4) is 0 Å². The number of fused-ring (bicyclic) bond motifs is 2. The van der Waals surface area contributed by atoms with Crippen LogP contribution in [0.15, 0.2) is 69.9 Å². The molecule has 1 aliphatic rings. The van der Waals surface area contributed by atoms with Crippen LogP contribution in [0.1, 0.15) is 27.7 Å². The van der Waals surface area contributed by atoms with Crippen molar-refractivity contribution in [3.63, 3.8) is 0 Å². The average molecular weight is 478 g/mol. The summed E-state index contributed by atoms with van der Waals surface area (Å²) >= 11 is 6.25. The highest BCUT2D eigenvalue weighted by molar-refractivity contribution is 6.31. The molecule has 1 unspecified atom stereocenters. The maximum absolute atomic E-state index is 13.7. The Hall–Kier alpha value is -3.97. The number of carbonyl (C=O) groups excluding carboxylic acids is 1. The van der Waals surface area contributed by atoms with Gasteiger partial charge in [0.2, 0.25) is 11.5 Å². The number of para-hydroxylation sites is 1. The maximum Gasteiger partial charge on any atom is 0.295 e. The van der Waals surface area contributed by atoms with Gasteiger partial charge in [0.05, 0.1) is 38.3 Å². The normalized spacial score (nSPS) is 14.9. The molecule has 0 saturated heterocycles. The molecule has 8 heteroatoms. The molecule has 7 nitrogen and oxygen atoms in total. The Morgan fingerprint density at radius 2 is 1.59 bits per heavy atom. The molecule has 1 amide bonds. The average Bonchev–Trinajstić information content (AvgIpc) is 3.15. The van der Waals surface area contributed by atoms with Gasteiger partial charge in [-0.1, -0.05) is 29.8 Å². The molecule has 172 valence electrons. The molecule has 1 aromatic heterocycles. The van der Waals surface area contributed by atoms with Crippen molar-refractivity contribution in [2.45, 2.75) is 6.04 Å². The summed E-state index contributed by atoms with van der Waals surface area (Å²) in [6.07, 6.45) is 0. The van der Waals surface area contributed by atoms with Gasteiger partial charge in [0.25, 0.3) is 5.91 Å². The van der Waals surface area contributed by atoms with Crippen molar-refractivity contribution in [2.24, 2.45) is 0 Å². The van der Waals surface area contributed by atoms with Crippen LogP contribution in [-0.4, -0.2) is 27.2 Å². The zero-order valence-corrected chi connectivity index (χ0v) is 19.4. The first-order valence-electron chi connectivity index (χ1n) is 10.4. The molecule has 1 atom stereocenters. The summed E-state index contributed by atoms with van der Waals surface area (Å²) in [4.78, 5) is 28.9. The second-order valence-electron chi connectivity index (χ2n) is 7.69. The molecule has 0 spiro atoms. The summed E-state index contributed by atoms with van der Waals surface area (Å²) in [5.74, 6) is 0.738. The molecule has 1 aliphatic heterocycles. The molecular weight excluding hydrogens is 458 g/mol. The number of methoxy groups -OCH3 is 3. The third kappa shape index (κ3) is 3.28. The molecule has 0 radical (unpaired) electrons. The van der Waals surface area contributed by atoms with E-state index in [1.54, 1.807) is 60.7 Å². The number of amides is 1. The molecule has 0 saturated carbocycles. The largest absolute Gasteiger partial charge is 0.493 e. The topological polar surface area (TPSA) is 78.2 Å².